The van der Waals surface area contributed by atoms with Gasteiger partial charge in [-0.05, 0) is 17.8 Å². The SMILES string of the molecule is Cn1ncnc1Sc1nc2ccc([N+](=O)[O-])cc2[nH]1. The smallest absolute Gasteiger partial charge is 0.271 e. The van der Waals surface area contributed by atoms with Crippen molar-refractivity contribution < 1.29 is 4.92 Å². The molecule has 0 saturated heterocycles. The van der Waals surface area contributed by atoms with Crippen LogP contribution in [0, 0.1) is 10.1 Å². The number of non-ortho nitro benzene ring substituents is 1. The Balaban J connectivity index is 1.97. The fraction of sp³-hybridized carbons (Fsp3) is 0.100. The molecule has 0 atom stereocenters. The van der Waals surface area contributed by atoms with Gasteiger partial charge < -0.3 is 4.98 Å². The molecule has 0 unspecified atom stereocenters. The second-order valence-corrected chi connectivity index (χ2v) is 4.72. The minimum Gasteiger partial charge on any atom is -0.332 e. The number of aromatic nitrogens is 5. The van der Waals surface area contributed by atoms with Crippen molar-refractivity contribution in [3.8, 4) is 0 Å². The number of nitro benzene ring substituents is 1. The molecule has 0 fully saturated rings. The summed E-state index contributed by atoms with van der Waals surface area (Å²) < 4.78 is 1.63. The fourth-order valence-electron chi connectivity index (χ4n) is 1.60. The number of aryl methyl sites for hydroxylation is 1. The van der Waals surface area contributed by atoms with Crippen LogP contribution in [0.5, 0.6) is 0 Å². The van der Waals surface area contributed by atoms with Crippen LogP contribution in [-0.4, -0.2) is 29.7 Å². The van der Waals surface area contributed by atoms with E-state index < -0.39 is 4.92 Å². The molecule has 2 heterocycles. The number of nitro groups is 1. The van der Waals surface area contributed by atoms with E-state index in [0.717, 1.165) is 0 Å². The highest BCUT2D eigenvalue weighted by Crippen LogP contribution is 2.26. The van der Waals surface area contributed by atoms with Crippen LogP contribution in [0.3, 0.4) is 0 Å². The van der Waals surface area contributed by atoms with Gasteiger partial charge in [0.05, 0.1) is 16.0 Å². The predicted octanol–water partition coefficient (Wildman–Crippen LogP) is 1.75. The Hall–Kier alpha value is -2.42. The highest BCUT2D eigenvalue weighted by atomic mass is 32.2. The van der Waals surface area contributed by atoms with E-state index in [4.69, 9.17) is 0 Å². The maximum absolute atomic E-state index is 10.7. The third-order valence-corrected chi connectivity index (χ3v) is 3.45. The zero-order valence-electron chi connectivity index (χ0n) is 9.77. The maximum Gasteiger partial charge on any atom is 0.271 e. The summed E-state index contributed by atoms with van der Waals surface area (Å²) in [7, 11) is 1.78. The molecule has 96 valence electrons. The van der Waals surface area contributed by atoms with Crippen LogP contribution >= 0.6 is 11.8 Å². The largest absolute Gasteiger partial charge is 0.332 e. The van der Waals surface area contributed by atoms with Crippen molar-refractivity contribution >= 4 is 28.5 Å². The van der Waals surface area contributed by atoms with Gasteiger partial charge in [0.25, 0.3) is 5.69 Å². The molecule has 0 spiro atoms. The molecule has 19 heavy (non-hydrogen) atoms. The summed E-state index contributed by atoms with van der Waals surface area (Å²) in [6.07, 6.45) is 1.45. The van der Waals surface area contributed by atoms with Gasteiger partial charge in [-0.15, -0.1) is 0 Å². The molecule has 0 bridgehead atoms. The van der Waals surface area contributed by atoms with Gasteiger partial charge in [0, 0.05) is 19.2 Å². The van der Waals surface area contributed by atoms with Crippen molar-refractivity contribution in [2.45, 2.75) is 10.3 Å². The number of benzene rings is 1. The Morgan fingerprint density at radius 2 is 2.32 bits per heavy atom. The Bertz CT molecular complexity index is 764. The van der Waals surface area contributed by atoms with Crippen LogP contribution in [-0.2, 0) is 7.05 Å². The molecule has 0 radical (unpaired) electrons. The summed E-state index contributed by atoms with van der Waals surface area (Å²) in [6, 6.07) is 4.51. The summed E-state index contributed by atoms with van der Waals surface area (Å²) in [5.74, 6) is 0. The highest BCUT2D eigenvalue weighted by Gasteiger charge is 2.11. The minimum atomic E-state index is -0.435. The number of hydrogen-bond donors (Lipinski definition) is 1. The van der Waals surface area contributed by atoms with E-state index in [1.807, 2.05) is 0 Å². The first-order valence-corrected chi connectivity index (χ1v) is 6.11. The lowest BCUT2D eigenvalue weighted by atomic mass is 10.3. The molecule has 3 aromatic rings. The second-order valence-electron chi connectivity index (χ2n) is 3.77. The minimum absolute atomic E-state index is 0.0337. The van der Waals surface area contributed by atoms with Crippen LogP contribution in [0.2, 0.25) is 0 Å². The van der Waals surface area contributed by atoms with Crippen molar-refractivity contribution in [2.24, 2.45) is 7.05 Å². The van der Waals surface area contributed by atoms with Gasteiger partial charge in [0.2, 0.25) is 0 Å². The zero-order valence-corrected chi connectivity index (χ0v) is 10.6. The monoisotopic (exact) mass is 276 g/mol. The number of hydrogen-bond acceptors (Lipinski definition) is 6. The number of nitrogens with zero attached hydrogens (tertiary/aromatic N) is 5. The Labute approximate surface area is 111 Å². The number of H-pyrrole nitrogens is 1. The van der Waals surface area contributed by atoms with Gasteiger partial charge in [-0.2, -0.15) is 5.10 Å². The summed E-state index contributed by atoms with van der Waals surface area (Å²) in [5, 5.41) is 16.0. The summed E-state index contributed by atoms with van der Waals surface area (Å²) in [4.78, 5) is 21.7. The van der Waals surface area contributed by atoms with Crippen LogP contribution in [0.1, 0.15) is 0 Å². The molecule has 0 saturated carbocycles. The van der Waals surface area contributed by atoms with Gasteiger partial charge in [0.1, 0.15) is 6.33 Å². The average Bonchev–Trinajstić information content (AvgIpc) is 2.95. The number of aromatic amines is 1. The summed E-state index contributed by atoms with van der Waals surface area (Å²) in [5.41, 5.74) is 1.33. The molecular weight excluding hydrogens is 268 g/mol. The van der Waals surface area contributed by atoms with Crippen molar-refractivity contribution in [1.29, 1.82) is 0 Å². The first kappa shape index (κ1) is 11.7. The molecule has 3 rings (SSSR count). The molecule has 0 aliphatic heterocycles. The van der Waals surface area contributed by atoms with E-state index in [9.17, 15) is 10.1 Å². The lowest BCUT2D eigenvalue weighted by Gasteiger charge is -1.94. The predicted molar refractivity (Wildman–Crippen MR) is 67.9 cm³/mol. The standard InChI is InChI=1S/C10H8N6O2S/c1-15-10(11-5-12-15)19-9-13-7-3-2-6(16(17)18)4-8(7)14-9/h2-5H,1H3,(H,13,14). The van der Waals surface area contributed by atoms with Crippen molar-refractivity contribution in [1.82, 2.24) is 24.7 Å². The summed E-state index contributed by atoms with van der Waals surface area (Å²) in [6.45, 7) is 0. The maximum atomic E-state index is 10.7. The molecule has 2 aromatic heterocycles. The lowest BCUT2D eigenvalue weighted by molar-refractivity contribution is -0.384. The second kappa shape index (κ2) is 4.35. The van der Waals surface area contributed by atoms with Gasteiger partial charge in [-0.1, -0.05) is 0 Å². The number of nitrogens with one attached hydrogen (secondary N) is 1. The fourth-order valence-corrected chi connectivity index (χ4v) is 2.36. The summed E-state index contributed by atoms with van der Waals surface area (Å²) >= 11 is 1.31. The molecule has 8 nitrogen and oxygen atoms in total. The molecular formula is C10H8N6O2S. The van der Waals surface area contributed by atoms with Gasteiger partial charge in [-0.3, -0.25) is 10.1 Å². The Kier molecular flexibility index (Phi) is 2.67. The average molecular weight is 276 g/mol. The Morgan fingerprint density at radius 3 is 3.00 bits per heavy atom. The highest BCUT2D eigenvalue weighted by molar-refractivity contribution is 7.99. The van der Waals surface area contributed by atoms with Crippen LogP contribution in [0.25, 0.3) is 11.0 Å². The molecule has 1 N–H and O–H groups in total. The number of rotatable bonds is 3. The van der Waals surface area contributed by atoms with Gasteiger partial charge in [0.15, 0.2) is 10.3 Å². The van der Waals surface area contributed by atoms with E-state index in [2.05, 4.69) is 20.1 Å². The van der Waals surface area contributed by atoms with E-state index >= 15 is 0 Å². The van der Waals surface area contributed by atoms with E-state index in [0.29, 0.717) is 21.3 Å². The first-order valence-electron chi connectivity index (χ1n) is 5.29. The van der Waals surface area contributed by atoms with Crippen LogP contribution in [0.15, 0.2) is 34.8 Å². The van der Waals surface area contributed by atoms with Crippen LogP contribution in [0.4, 0.5) is 5.69 Å². The molecule has 0 aliphatic rings. The van der Waals surface area contributed by atoms with E-state index in [-0.39, 0.29) is 5.69 Å². The first-order chi connectivity index (χ1) is 9.13. The molecule has 1 aromatic carbocycles. The van der Waals surface area contributed by atoms with E-state index in [1.165, 1.54) is 30.2 Å². The zero-order chi connectivity index (χ0) is 13.4. The quantitative estimate of drug-likeness (QED) is 0.577. The topological polar surface area (TPSA) is 103 Å². The van der Waals surface area contributed by atoms with Crippen molar-refractivity contribution in [3.05, 3.63) is 34.6 Å². The van der Waals surface area contributed by atoms with Gasteiger partial charge in [-0.25, -0.2) is 14.6 Å². The normalized spacial score (nSPS) is 11.0. The van der Waals surface area contributed by atoms with E-state index in [1.54, 1.807) is 17.8 Å². The molecule has 0 aliphatic carbocycles. The number of fused-ring (bicyclic) bond motifs is 1. The molecule has 9 heteroatoms. The third kappa shape index (κ3) is 2.15. The van der Waals surface area contributed by atoms with Gasteiger partial charge >= 0.3 is 0 Å². The molecule has 0 amide bonds. The van der Waals surface area contributed by atoms with Crippen molar-refractivity contribution in [2.75, 3.05) is 0 Å². The number of imidazole rings is 1. The van der Waals surface area contributed by atoms with Crippen molar-refractivity contribution in [3.63, 3.8) is 0 Å². The Morgan fingerprint density at radius 1 is 1.47 bits per heavy atom. The van der Waals surface area contributed by atoms with Crippen LogP contribution < -0.4 is 0 Å². The third-order valence-electron chi connectivity index (χ3n) is 2.51. The lowest BCUT2D eigenvalue weighted by Crippen LogP contribution is -1.92.